The quantitative estimate of drug-likeness (QED) is 0.302. The van der Waals surface area contributed by atoms with Crippen molar-refractivity contribution in [1.29, 1.82) is 0 Å². The van der Waals surface area contributed by atoms with Crippen LogP contribution in [0.3, 0.4) is 0 Å². The monoisotopic (exact) mass is 544 g/mol. The van der Waals surface area contributed by atoms with Crippen LogP contribution in [-0.2, 0) is 13.1 Å². The van der Waals surface area contributed by atoms with Crippen LogP contribution in [0.25, 0.3) is 11.0 Å². The SMILES string of the molecule is CCC(CC)c1ccc(Cl)c2nc3n(c12)CCCCN3c1ccc(OC(F)(F)F)cc1CN(C)C.Cl. The number of hydrogen-bond donors (Lipinski definition) is 0. The van der Waals surface area contributed by atoms with Gasteiger partial charge in [0, 0.05) is 25.3 Å². The number of benzene rings is 2. The van der Waals surface area contributed by atoms with Crippen molar-refractivity contribution in [3.63, 3.8) is 0 Å². The first-order valence-electron chi connectivity index (χ1n) is 12.1. The Morgan fingerprint density at radius 1 is 1.08 bits per heavy atom. The van der Waals surface area contributed by atoms with Crippen molar-refractivity contribution in [2.45, 2.75) is 64.9 Å². The minimum absolute atomic E-state index is 0. The van der Waals surface area contributed by atoms with E-state index in [0.717, 1.165) is 60.5 Å². The molecule has 5 nitrogen and oxygen atoms in total. The summed E-state index contributed by atoms with van der Waals surface area (Å²) < 4.78 is 45.1. The maximum absolute atomic E-state index is 12.9. The second-order valence-electron chi connectivity index (χ2n) is 9.35. The van der Waals surface area contributed by atoms with Crippen molar-refractivity contribution < 1.29 is 17.9 Å². The fourth-order valence-corrected chi connectivity index (χ4v) is 5.25. The van der Waals surface area contributed by atoms with Gasteiger partial charge in [-0.2, -0.15) is 0 Å². The molecule has 0 unspecified atom stereocenters. The van der Waals surface area contributed by atoms with Gasteiger partial charge in [-0.15, -0.1) is 25.6 Å². The Balaban J connectivity index is 0.00000361. The fraction of sp³-hybridized carbons (Fsp3) is 0.500. The van der Waals surface area contributed by atoms with E-state index in [1.807, 2.05) is 25.1 Å². The average Bonchev–Trinajstić information content (AvgIpc) is 3.03. The number of halogens is 5. The van der Waals surface area contributed by atoms with Gasteiger partial charge in [-0.05, 0) is 81.1 Å². The topological polar surface area (TPSA) is 33.5 Å². The van der Waals surface area contributed by atoms with Crippen molar-refractivity contribution >= 4 is 46.7 Å². The van der Waals surface area contributed by atoms with Crippen molar-refractivity contribution in [3.8, 4) is 5.75 Å². The van der Waals surface area contributed by atoms with Crippen molar-refractivity contribution in [1.82, 2.24) is 14.5 Å². The van der Waals surface area contributed by atoms with Crippen LogP contribution in [0, 0.1) is 0 Å². The summed E-state index contributed by atoms with van der Waals surface area (Å²) in [6.45, 7) is 6.37. The minimum Gasteiger partial charge on any atom is -0.406 e. The number of imidazole rings is 1. The van der Waals surface area contributed by atoms with E-state index in [-0.39, 0.29) is 18.2 Å². The summed E-state index contributed by atoms with van der Waals surface area (Å²) in [6, 6.07) is 8.60. The first kappa shape index (κ1) is 28.4. The van der Waals surface area contributed by atoms with Gasteiger partial charge < -0.3 is 19.1 Å². The molecule has 0 fully saturated rings. The number of aromatic nitrogens is 2. The summed E-state index contributed by atoms with van der Waals surface area (Å²) in [7, 11) is 3.78. The zero-order valence-electron chi connectivity index (χ0n) is 21.0. The van der Waals surface area contributed by atoms with Crippen molar-refractivity contribution in [3.05, 3.63) is 46.5 Å². The molecule has 2 heterocycles. The number of rotatable bonds is 7. The molecule has 4 rings (SSSR count). The molecule has 0 atom stereocenters. The minimum atomic E-state index is -4.74. The van der Waals surface area contributed by atoms with E-state index in [1.54, 1.807) is 6.07 Å². The maximum Gasteiger partial charge on any atom is 0.573 e. The van der Waals surface area contributed by atoms with Gasteiger partial charge in [-0.3, -0.25) is 0 Å². The third-order valence-corrected chi connectivity index (χ3v) is 6.90. The second kappa shape index (κ2) is 11.5. The third kappa shape index (κ3) is 5.87. The lowest BCUT2D eigenvalue weighted by Gasteiger charge is -2.26. The Kier molecular flexibility index (Phi) is 9.06. The van der Waals surface area contributed by atoms with Gasteiger partial charge in [-0.1, -0.05) is 31.5 Å². The summed E-state index contributed by atoms with van der Waals surface area (Å²) in [5, 5.41) is 0.609. The zero-order chi connectivity index (χ0) is 25.3. The van der Waals surface area contributed by atoms with Gasteiger partial charge in [0.05, 0.1) is 10.5 Å². The van der Waals surface area contributed by atoms with E-state index in [4.69, 9.17) is 16.6 Å². The molecule has 10 heteroatoms. The number of fused-ring (bicyclic) bond motifs is 3. The van der Waals surface area contributed by atoms with Crippen LogP contribution in [0.15, 0.2) is 30.3 Å². The highest BCUT2D eigenvalue weighted by Gasteiger charge is 2.32. The molecular formula is C26H33Cl2F3N4O. The molecule has 0 N–H and O–H groups in total. The van der Waals surface area contributed by atoms with Gasteiger partial charge in [0.25, 0.3) is 0 Å². The lowest BCUT2D eigenvalue weighted by molar-refractivity contribution is -0.274. The van der Waals surface area contributed by atoms with E-state index in [2.05, 4.69) is 34.1 Å². The molecule has 2 aromatic carbocycles. The molecule has 1 aliphatic rings. The van der Waals surface area contributed by atoms with Crippen LogP contribution in [0.4, 0.5) is 24.8 Å². The van der Waals surface area contributed by atoms with Gasteiger partial charge in [0.2, 0.25) is 5.95 Å². The van der Waals surface area contributed by atoms with Crippen molar-refractivity contribution in [2.24, 2.45) is 0 Å². The van der Waals surface area contributed by atoms with E-state index < -0.39 is 6.36 Å². The predicted octanol–water partition coefficient (Wildman–Crippen LogP) is 7.91. The Bertz CT molecular complexity index is 1190. The first-order chi connectivity index (χ1) is 16.6. The number of hydrogen-bond acceptors (Lipinski definition) is 4. The third-order valence-electron chi connectivity index (χ3n) is 6.60. The number of nitrogens with zero attached hydrogens (tertiary/aromatic N) is 4. The van der Waals surface area contributed by atoms with Crippen LogP contribution in [-0.4, -0.2) is 41.5 Å². The molecular weight excluding hydrogens is 512 g/mol. The first-order valence-corrected chi connectivity index (χ1v) is 12.5. The highest BCUT2D eigenvalue weighted by molar-refractivity contribution is 6.35. The molecule has 36 heavy (non-hydrogen) atoms. The maximum atomic E-state index is 12.9. The van der Waals surface area contributed by atoms with E-state index in [1.165, 1.54) is 17.7 Å². The Hall–Kier alpha value is -2.16. The molecule has 0 radical (unpaired) electrons. The number of anilines is 2. The molecule has 0 amide bonds. The Labute approximate surface area is 221 Å². The van der Waals surface area contributed by atoms with Gasteiger partial charge >= 0.3 is 6.36 Å². The van der Waals surface area contributed by atoms with Crippen LogP contribution in [0.1, 0.15) is 56.6 Å². The van der Waals surface area contributed by atoms with E-state index >= 15 is 0 Å². The highest BCUT2D eigenvalue weighted by Crippen LogP contribution is 2.40. The Morgan fingerprint density at radius 2 is 1.78 bits per heavy atom. The fourth-order valence-electron chi connectivity index (χ4n) is 5.05. The normalized spacial score (nSPS) is 14.2. The molecule has 1 aliphatic heterocycles. The van der Waals surface area contributed by atoms with E-state index in [0.29, 0.717) is 24.0 Å². The Morgan fingerprint density at radius 3 is 2.42 bits per heavy atom. The van der Waals surface area contributed by atoms with Crippen LogP contribution >= 0.6 is 24.0 Å². The summed E-state index contributed by atoms with van der Waals surface area (Å²) in [5.41, 5.74) is 4.66. The van der Waals surface area contributed by atoms with Crippen LogP contribution in [0.5, 0.6) is 5.75 Å². The van der Waals surface area contributed by atoms with Crippen molar-refractivity contribution in [2.75, 3.05) is 25.5 Å². The van der Waals surface area contributed by atoms with Gasteiger partial charge in [0.1, 0.15) is 11.3 Å². The molecule has 1 aromatic heterocycles. The molecule has 0 spiro atoms. The largest absolute Gasteiger partial charge is 0.573 e. The summed E-state index contributed by atoms with van der Waals surface area (Å²) in [5.74, 6) is 0.957. The number of alkyl halides is 3. The summed E-state index contributed by atoms with van der Waals surface area (Å²) in [4.78, 5) is 9.07. The second-order valence-corrected chi connectivity index (χ2v) is 9.75. The lowest BCUT2D eigenvalue weighted by Crippen LogP contribution is -2.23. The van der Waals surface area contributed by atoms with Gasteiger partial charge in [-0.25, -0.2) is 4.98 Å². The smallest absolute Gasteiger partial charge is 0.406 e. The standard InChI is InChI=1S/C26H32ClF3N4O.ClH/c1-5-17(6-2)20-10-11-21(27)23-24(20)34-14-8-7-13-33(25(34)31-23)22-12-9-19(35-26(28,29)30)15-18(22)16-32(3)4;/h9-12,15,17H,5-8,13-14,16H2,1-4H3;1H. The zero-order valence-corrected chi connectivity index (χ0v) is 22.6. The number of aryl methyl sites for hydroxylation is 1. The van der Waals surface area contributed by atoms with Crippen LogP contribution < -0.4 is 9.64 Å². The molecule has 3 aromatic rings. The molecule has 0 aliphatic carbocycles. The highest BCUT2D eigenvalue weighted by atomic mass is 35.5. The van der Waals surface area contributed by atoms with Gasteiger partial charge in [0.15, 0.2) is 0 Å². The lowest BCUT2D eigenvalue weighted by atomic mass is 9.93. The summed E-state index contributed by atoms with van der Waals surface area (Å²) in [6.07, 6.45) is -0.790. The molecule has 0 bridgehead atoms. The molecule has 0 saturated carbocycles. The predicted molar refractivity (Wildman–Crippen MR) is 142 cm³/mol. The van der Waals surface area contributed by atoms with Crippen LogP contribution in [0.2, 0.25) is 5.02 Å². The molecule has 0 saturated heterocycles. The van der Waals surface area contributed by atoms with E-state index in [9.17, 15) is 13.2 Å². The summed E-state index contributed by atoms with van der Waals surface area (Å²) >= 11 is 6.63. The average molecular weight is 545 g/mol. The number of ether oxygens (including phenoxy) is 1. The molecule has 198 valence electrons.